The Balaban J connectivity index is 1.38. The van der Waals surface area contributed by atoms with E-state index in [1.54, 1.807) is 0 Å². The van der Waals surface area contributed by atoms with Crippen molar-refractivity contribution in [1.82, 2.24) is 5.32 Å². The van der Waals surface area contributed by atoms with Crippen molar-refractivity contribution in [3.63, 3.8) is 0 Å². The maximum absolute atomic E-state index is 5.57. The molecule has 1 N–H and O–H groups in total. The van der Waals surface area contributed by atoms with E-state index in [1.165, 1.54) is 22.4 Å². The Morgan fingerprint density at radius 2 is 2.08 bits per heavy atom. The number of hydrogen-bond donors (Lipinski definition) is 1. The molecule has 0 unspecified atom stereocenters. The Hall–Kier alpha value is -2.49. The lowest BCUT2D eigenvalue weighted by molar-refractivity contribution is 0.357. The monoisotopic (exact) mass is 321 g/mol. The quantitative estimate of drug-likeness (QED) is 0.698. The second kappa shape index (κ2) is 6.56. The molecule has 124 valence electrons. The average Bonchev–Trinajstić information content (AvgIpc) is 3.25. The van der Waals surface area contributed by atoms with E-state index < -0.39 is 0 Å². The van der Waals surface area contributed by atoms with Crippen molar-refractivity contribution >= 4 is 11.6 Å². The van der Waals surface area contributed by atoms with E-state index in [1.807, 2.05) is 7.05 Å². The second-order valence-corrected chi connectivity index (χ2v) is 6.29. The minimum absolute atomic E-state index is 0.818. The number of rotatable bonds is 3. The number of ether oxygens (including phenoxy) is 1. The van der Waals surface area contributed by atoms with Crippen LogP contribution in [0.2, 0.25) is 0 Å². The minimum atomic E-state index is 0.818. The molecule has 0 amide bonds. The average molecular weight is 321 g/mol. The van der Waals surface area contributed by atoms with E-state index in [4.69, 9.17) is 4.74 Å². The summed E-state index contributed by atoms with van der Waals surface area (Å²) in [6.07, 6.45) is 3.10. The minimum Gasteiger partial charge on any atom is -0.493 e. The van der Waals surface area contributed by atoms with Crippen molar-refractivity contribution in [2.45, 2.75) is 19.3 Å². The molecule has 0 spiro atoms. The molecule has 24 heavy (non-hydrogen) atoms. The Morgan fingerprint density at radius 3 is 3.00 bits per heavy atom. The molecule has 0 aliphatic carbocycles. The number of benzene rings is 2. The number of nitrogens with one attached hydrogen (secondary N) is 1. The number of guanidine groups is 1. The number of para-hydroxylation sites is 1. The molecule has 2 aromatic carbocycles. The normalized spacial score (nSPS) is 15.9. The topological polar surface area (TPSA) is 36.9 Å². The van der Waals surface area contributed by atoms with Crippen molar-refractivity contribution in [2.75, 3.05) is 31.6 Å². The van der Waals surface area contributed by atoms with Gasteiger partial charge in [-0.2, -0.15) is 0 Å². The van der Waals surface area contributed by atoms with Crippen LogP contribution < -0.4 is 15.0 Å². The fraction of sp³-hybridized carbons (Fsp3) is 0.350. The first-order valence-electron chi connectivity index (χ1n) is 8.66. The lowest BCUT2D eigenvalue weighted by Crippen LogP contribution is -2.41. The first-order valence-corrected chi connectivity index (χ1v) is 8.66. The second-order valence-electron chi connectivity index (χ2n) is 6.29. The third kappa shape index (κ3) is 2.84. The lowest BCUT2D eigenvalue weighted by atomic mass is 10.1. The molecule has 2 aromatic rings. The van der Waals surface area contributed by atoms with Crippen LogP contribution in [-0.4, -0.2) is 32.7 Å². The van der Waals surface area contributed by atoms with Crippen molar-refractivity contribution in [3.8, 4) is 5.75 Å². The number of anilines is 1. The maximum Gasteiger partial charge on any atom is 0.198 e. The van der Waals surface area contributed by atoms with Crippen LogP contribution in [0.4, 0.5) is 5.69 Å². The van der Waals surface area contributed by atoms with Gasteiger partial charge in [-0.1, -0.05) is 30.3 Å². The van der Waals surface area contributed by atoms with Crippen molar-refractivity contribution in [3.05, 3.63) is 59.2 Å². The predicted molar refractivity (Wildman–Crippen MR) is 98.2 cm³/mol. The van der Waals surface area contributed by atoms with Gasteiger partial charge >= 0.3 is 0 Å². The van der Waals surface area contributed by atoms with Gasteiger partial charge in [-0.25, -0.2) is 0 Å². The first-order chi connectivity index (χ1) is 11.8. The molecule has 4 rings (SSSR count). The van der Waals surface area contributed by atoms with Gasteiger partial charge in [0.25, 0.3) is 0 Å². The van der Waals surface area contributed by atoms with Gasteiger partial charge in [0, 0.05) is 32.2 Å². The van der Waals surface area contributed by atoms with Gasteiger partial charge in [0.1, 0.15) is 5.75 Å². The summed E-state index contributed by atoms with van der Waals surface area (Å²) < 4.78 is 5.57. The smallest absolute Gasteiger partial charge is 0.198 e. The third-order valence-corrected chi connectivity index (χ3v) is 4.81. The molecule has 2 aliphatic heterocycles. The van der Waals surface area contributed by atoms with Gasteiger partial charge in [0.2, 0.25) is 0 Å². The Bertz CT molecular complexity index is 769. The Kier molecular flexibility index (Phi) is 4.11. The van der Waals surface area contributed by atoms with Gasteiger partial charge in [-0.3, -0.25) is 4.99 Å². The van der Waals surface area contributed by atoms with E-state index in [2.05, 4.69) is 57.7 Å². The van der Waals surface area contributed by atoms with Crippen LogP contribution in [0.1, 0.15) is 16.7 Å². The SMILES string of the molecule is CN=C(NCCc1ccc2c(c1)CCO2)N1CCc2ccccc21. The summed E-state index contributed by atoms with van der Waals surface area (Å²) in [5.74, 6) is 2.01. The van der Waals surface area contributed by atoms with Crippen molar-refractivity contribution in [1.29, 1.82) is 0 Å². The third-order valence-electron chi connectivity index (χ3n) is 4.81. The van der Waals surface area contributed by atoms with E-state index in [9.17, 15) is 0 Å². The molecule has 0 saturated carbocycles. The number of nitrogens with zero attached hydrogens (tertiary/aromatic N) is 2. The summed E-state index contributed by atoms with van der Waals surface area (Å²) in [5.41, 5.74) is 5.37. The molecule has 2 aliphatic rings. The molecule has 0 bridgehead atoms. The highest BCUT2D eigenvalue weighted by atomic mass is 16.5. The number of hydrogen-bond acceptors (Lipinski definition) is 2. The summed E-state index contributed by atoms with van der Waals surface area (Å²) in [6.45, 7) is 2.69. The molecule has 2 heterocycles. The molecular weight excluding hydrogens is 298 g/mol. The molecule has 0 radical (unpaired) electrons. The van der Waals surface area contributed by atoms with Crippen LogP contribution in [0.25, 0.3) is 0 Å². The van der Waals surface area contributed by atoms with E-state index in [0.717, 1.165) is 50.7 Å². The zero-order chi connectivity index (χ0) is 16.4. The van der Waals surface area contributed by atoms with Crippen molar-refractivity contribution < 1.29 is 4.74 Å². The van der Waals surface area contributed by atoms with E-state index in [-0.39, 0.29) is 0 Å². The van der Waals surface area contributed by atoms with Crippen LogP contribution in [0.5, 0.6) is 5.75 Å². The summed E-state index contributed by atoms with van der Waals surface area (Å²) in [4.78, 5) is 6.75. The standard InChI is InChI=1S/C20H23N3O/c1-21-20(23-12-9-16-4-2-3-5-18(16)23)22-11-8-15-6-7-19-17(14-15)10-13-24-19/h2-7,14H,8-13H2,1H3,(H,21,22). The molecule has 4 heteroatoms. The largest absolute Gasteiger partial charge is 0.493 e. The van der Waals surface area contributed by atoms with Crippen molar-refractivity contribution in [2.24, 2.45) is 4.99 Å². The number of fused-ring (bicyclic) bond motifs is 2. The zero-order valence-corrected chi connectivity index (χ0v) is 14.1. The number of aliphatic imine (C=N–C) groups is 1. The molecular formula is C20H23N3O. The summed E-state index contributed by atoms with van der Waals surface area (Å²) in [6, 6.07) is 15.1. The highest BCUT2D eigenvalue weighted by molar-refractivity contribution is 5.97. The molecule has 0 aromatic heterocycles. The van der Waals surface area contributed by atoms with Gasteiger partial charge in [-0.15, -0.1) is 0 Å². The van der Waals surface area contributed by atoms with Gasteiger partial charge in [0.15, 0.2) is 5.96 Å². The van der Waals surface area contributed by atoms with Gasteiger partial charge in [0.05, 0.1) is 6.61 Å². The molecule has 0 atom stereocenters. The maximum atomic E-state index is 5.57. The Morgan fingerprint density at radius 1 is 1.17 bits per heavy atom. The van der Waals surface area contributed by atoms with Crippen LogP contribution in [0, 0.1) is 0 Å². The summed E-state index contributed by atoms with van der Waals surface area (Å²) in [5, 5.41) is 3.51. The summed E-state index contributed by atoms with van der Waals surface area (Å²) in [7, 11) is 1.86. The first kappa shape index (κ1) is 15.1. The van der Waals surface area contributed by atoms with E-state index in [0.29, 0.717) is 0 Å². The highest BCUT2D eigenvalue weighted by Gasteiger charge is 2.22. The predicted octanol–water partition coefficient (Wildman–Crippen LogP) is 2.80. The van der Waals surface area contributed by atoms with Crippen LogP contribution in [-0.2, 0) is 19.3 Å². The molecule has 0 saturated heterocycles. The lowest BCUT2D eigenvalue weighted by Gasteiger charge is -2.22. The van der Waals surface area contributed by atoms with E-state index >= 15 is 0 Å². The Labute approximate surface area is 143 Å². The van der Waals surface area contributed by atoms with Gasteiger partial charge < -0.3 is 15.0 Å². The fourth-order valence-corrected chi connectivity index (χ4v) is 3.57. The van der Waals surface area contributed by atoms with Gasteiger partial charge in [-0.05, 0) is 41.7 Å². The molecule has 0 fully saturated rings. The zero-order valence-electron chi connectivity index (χ0n) is 14.1. The fourth-order valence-electron chi connectivity index (χ4n) is 3.57. The highest BCUT2D eigenvalue weighted by Crippen LogP contribution is 2.27. The van der Waals surface area contributed by atoms with Crippen LogP contribution in [0.15, 0.2) is 47.5 Å². The van der Waals surface area contributed by atoms with Crippen LogP contribution >= 0.6 is 0 Å². The summed E-state index contributed by atoms with van der Waals surface area (Å²) >= 11 is 0. The molecule has 4 nitrogen and oxygen atoms in total. The van der Waals surface area contributed by atoms with Crippen LogP contribution in [0.3, 0.4) is 0 Å².